The molecule has 1 fully saturated rings. The summed E-state index contributed by atoms with van der Waals surface area (Å²) in [6, 6.07) is 14.7. The Morgan fingerprint density at radius 3 is 2.48 bits per heavy atom. The molecule has 2 aromatic rings. The predicted octanol–water partition coefficient (Wildman–Crippen LogP) is 4.45. The lowest BCUT2D eigenvalue weighted by Crippen LogP contribution is -2.58. The van der Waals surface area contributed by atoms with E-state index in [1.807, 2.05) is 32.0 Å². The van der Waals surface area contributed by atoms with Gasteiger partial charge in [0, 0.05) is 37.9 Å². The number of rotatable bonds is 5. The number of piperidine rings is 1. The van der Waals surface area contributed by atoms with E-state index in [4.69, 9.17) is 19.3 Å². The van der Waals surface area contributed by atoms with Crippen LogP contribution in [0.5, 0.6) is 17.2 Å². The van der Waals surface area contributed by atoms with E-state index in [9.17, 15) is 0 Å². The minimum absolute atomic E-state index is 0.161. The Morgan fingerprint density at radius 2 is 1.77 bits per heavy atom. The molecule has 3 aliphatic rings. The molecule has 164 valence electrons. The summed E-state index contributed by atoms with van der Waals surface area (Å²) in [5.74, 6) is 2.63. The van der Waals surface area contributed by atoms with Crippen molar-refractivity contribution in [3.8, 4) is 17.2 Å². The minimum Gasteiger partial charge on any atom is -0.494 e. The molecule has 2 aromatic carbocycles. The summed E-state index contributed by atoms with van der Waals surface area (Å²) in [5, 5.41) is 7.41. The Bertz CT molecular complexity index is 964. The number of likely N-dealkylation sites (tertiary alicyclic amines) is 1. The Morgan fingerprint density at radius 1 is 1.03 bits per heavy atom. The molecule has 0 unspecified atom stereocenters. The summed E-state index contributed by atoms with van der Waals surface area (Å²) in [6.07, 6.45) is 2.69. The van der Waals surface area contributed by atoms with E-state index in [2.05, 4.69) is 41.2 Å². The minimum atomic E-state index is -0.426. The predicted molar refractivity (Wildman–Crippen MR) is 121 cm³/mol. The third-order valence-corrected chi connectivity index (χ3v) is 6.56. The molecular formula is C25H31N3O3. The highest BCUT2D eigenvalue weighted by Gasteiger charge is 2.52. The molecule has 1 atom stereocenters. The summed E-state index contributed by atoms with van der Waals surface area (Å²) < 4.78 is 18.4. The van der Waals surface area contributed by atoms with E-state index in [0.29, 0.717) is 13.2 Å². The number of ether oxygens (including phenoxy) is 3. The van der Waals surface area contributed by atoms with Crippen molar-refractivity contribution >= 4 is 5.71 Å². The maximum Gasteiger partial charge on any atom is 0.200 e. The van der Waals surface area contributed by atoms with Crippen LogP contribution in [0.4, 0.5) is 0 Å². The van der Waals surface area contributed by atoms with Gasteiger partial charge in [-0.05, 0) is 56.8 Å². The smallest absolute Gasteiger partial charge is 0.200 e. The molecule has 1 saturated heterocycles. The molecule has 0 amide bonds. The van der Waals surface area contributed by atoms with Crippen molar-refractivity contribution in [3.63, 3.8) is 0 Å². The second-order valence-corrected chi connectivity index (χ2v) is 8.53. The Kier molecular flexibility index (Phi) is 5.26. The van der Waals surface area contributed by atoms with Crippen molar-refractivity contribution in [2.45, 2.75) is 44.9 Å². The lowest BCUT2D eigenvalue weighted by molar-refractivity contribution is -0.148. The van der Waals surface area contributed by atoms with E-state index in [1.54, 1.807) is 0 Å². The van der Waals surface area contributed by atoms with Crippen molar-refractivity contribution in [3.05, 3.63) is 53.6 Å². The van der Waals surface area contributed by atoms with Gasteiger partial charge in [-0.15, -0.1) is 0 Å². The van der Waals surface area contributed by atoms with E-state index < -0.39 is 5.72 Å². The number of fused-ring (bicyclic) bond motifs is 4. The number of benzene rings is 2. The van der Waals surface area contributed by atoms with Crippen molar-refractivity contribution in [1.29, 1.82) is 0 Å². The Labute approximate surface area is 184 Å². The number of nitrogens with zero attached hydrogens (tertiary/aromatic N) is 3. The maximum atomic E-state index is 6.79. The van der Waals surface area contributed by atoms with Gasteiger partial charge in [-0.2, -0.15) is 5.10 Å². The maximum absolute atomic E-state index is 6.79. The quantitative estimate of drug-likeness (QED) is 0.714. The lowest BCUT2D eigenvalue weighted by Gasteiger charge is -2.51. The Hall–Kier alpha value is -2.73. The zero-order valence-corrected chi connectivity index (χ0v) is 18.6. The second kappa shape index (κ2) is 8.08. The van der Waals surface area contributed by atoms with Gasteiger partial charge in [0.05, 0.1) is 25.0 Å². The summed E-state index contributed by atoms with van der Waals surface area (Å²) in [5.41, 5.74) is 2.98. The first-order valence-electron chi connectivity index (χ1n) is 11.4. The van der Waals surface area contributed by atoms with Crippen LogP contribution in [0.3, 0.4) is 0 Å². The van der Waals surface area contributed by atoms with Gasteiger partial charge >= 0.3 is 0 Å². The average molecular weight is 422 g/mol. The van der Waals surface area contributed by atoms with Gasteiger partial charge < -0.3 is 19.1 Å². The third-order valence-electron chi connectivity index (χ3n) is 6.56. The largest absolute Gasteiger partial charge is 0.494 e. The summed E-state index contributed by atoms with van der Waals surface area (Å²) in [4.78, 5) is 2.36. The van der Waals surface area contributed by atoms with Gasteiger partial charge in [0.1, 0.15) is 5.75 Å². The topological polar surface area (TPSA) is 46.5 Å². The van der Waals surface area contributed by atoms with Crippen LogP contribution in [0.1, 0.15) is 50.3 Å². The van der Waals surface area contributed by atoms with Crippen LogP contribution >= 0.6 is 0 Å². The fourth-order valence-electron chi connectivity index (χ4n) is 4.92. The highest BCUT2D eigenvalue weighted by Crippen LogP contribution is 2.52. The number of hydrogen-bond acceptors (Lipinski definition) is 6. The summed E-state index contributed by atoms with van der Waals surface area (Å²) in [6.45, 7) is 7.29. The normalized spacial score (nSPS) is 21.8. The molecule has 0 aromatic heterocycles. The zero-order valence-electron chi connectivity index (χ0n) is 18.6. The van der Waals surface area contributed by atoms with Crippen LogP contribution < -0.4 is 14.2 Å². The molecule has 3 aliphatic heterocycles. The molecule has 0 aliphatic carbocycles. The number of hydrogen-bond donors (Lipinski definition) is 0. The fourth-order valence-corrected chi connectivity index (χ4v) is 4.92. The SMILES string of the molecule is CCOc1ccc(C2=NN3[C@H](C2)c2cccc(OCC)c2OC32CCN(C)CC2)cc1. The van der Waals surface area contributed by atoms with Crippen LogP contribution in [0, 0.1) is 0 Å². The molecule has 3 heterocycles. The van der Waals surface area contributed by atoms with Crippen LogP contribution in [0.15, 0.2) is 47.6 Å². The van der Waals surface area contributed by atoms with Crippen LogP contribution in [-0.4, -0.2) is 54.7 Å². The summed E-state index contributed by atoms with van der Waals surface area (Å²) >= 11 is 0. The fraction of sp³-hybridized carbons (Fsp3) is 0.480. The van der Waals surface area contributed by atoms with Crippen LogP contribution in [0.25, 0.3) is 0 Å². The first-order valence-corrected chi connectivity index (χ1v) is 11.4. The Balaban J connectivity index is 1.54. The van der Waals surface area contributed by atoms with E-state index in [-0.39, 0.29) is 6.04 Å². The van der Waals surface area contributed by atoms with Crippen molar-refractivity contribution in [2.24, 2.45) is 5.10 Å². The molecular weight excluding hydrogens is 390 g/mol. The van der Waals surface area contributed by atoms with E-state index in [0.717, 1.165) is 60.9 Å². The lowest BCUT2D eigenvalue weighted by atomic mass is 9.90. The van der Waals surface area contributed by atoms with Gasteiger partial charge in [0.25, 0.3) is 0 Å². The highest BCUT2D eigenvalue weighted by molar-refractivity contribution is 6.02. The van der Waals surface area contributed by atoms with Gasteiger partial charge in [0.15, 0.2) is 11.5 Å². The molecule has 0 radical (unpaired) electrons. The van der Waals surface area contributed by atoms with Gasteiger partial charge in [0.2, 0.25) is 5.72 Å². The first kappa shape index (κ1) is 20.2. The zero-order chi connectivity index (χ0) is 21.4. The van der Waals surface area contributed by atoms with Crippen molar-refractivity contribution in [1.82, 2.24) is 9.91 Å². The molecule has 6 nitrogen and oxygen atoms in total. The molecule has 1 spiro atoms. The van der Waals surface area contributed by atoms with Crippen molar-refractivity contribution in [2.75, 3.05) is 33.4 Å². The van der Waals surface area contributed by atoms with Gasteiger partial charge in [-0.1, -0.05) is 12.1 Å². The standard InChI is InChI=1S/C25H31N3O3/c1-4-29-19-11-9-18(10-12-19)21-17-22-20-7-6-8-23(30-5-2)24(20)31-25(28(22)26-21)13-15-27(3)16-14-25/h6-12,22H,4-5,13-17H2,1-3H3/t22-/m1/s1. The van der Waals surface area contributed by atoms with E-state index in [1.165, 1.54) is 5.56 Å². The molecule has 0 bridgehead atoms. The van der Waals surface area contributed by atoms with Crippen LogP contribution in [-0.2, 0) is 0 Å². The molecule has 31 heavy (non-hydrogen) atoms. The van der Waals surface area contributed by atoms with Crippen molar-refractivity contribution < 1.29 is 14.2 Å². The van der Waals surface area contributed by atoms with Crippen LogP contribution in [0.2, 0.25) is 0 Å². The average Bonchev–Trinajstić information content (AvgIpc) is 3.24. The van der Waals surface area contributed by atoms with Gasteiger partial charge in [-0.25, -0.2) is 5.01 Å². The van der Waals surface area contributed by atoms with E-state index >= 15 is 0 Å². The summed E-state index contributed by atoms with van der Waals surface area (Å²) in [7, 11) is 2.17. The molecule has 5 rings (SSSR count). The highest BCUT2D eigenvalue weighted by atomic mass is 16.6. The number of para-hydroxylation sites is 1. The second-order valence-electron chi connectivity index (χ2n) is 8.53. The third kappa shape index (κ3) is 3.53. The molecule has 6 heteroatoms. The molecule has 0 saturated carbocycles. The number of hydrazone groups is 1. The van der Waals surface area contributed by atoms with Gasteiger partial charge in [-0.3, -0.25) is 0 Å². The first-order chi connectivity index (χ1) is 15.1. The molecule has 0 N–H and O–H groups in total. The monoisotopic (exact) mass is 421 g/mol.